The van der Waals surface area contributed by atoms with Gasteiger partial charge in [0.15, 0.2) is 0 Å². The first kappa shape index (κ1) is 20.5. The molecule has 2 aliphatic heterocycles. The Hall–Kier alpha value is -2.72. The standard InChI is InChI=1S/C20H22F3N5O2/c21-20(22,23)14-5-3-13(4-6-14)12-30-17-11-24-10-16(17)27-19-25-8-15(9-26-19)28-7-1-2-18(28)29/h3-6,8-9,16-17,24H,1-2,7,10-12H2,(H,25,26,27)/t16-,17-/m1/s1. The number of benzene rings is 1. The molecule has 2 atom stereocenters. The molecule has 2 aliphatic rings. The molecule has 0 radical (unpaired) electrons. The highest BCUT2D eigenvalue weighted by Crippen LogP contribution is 2.29. The van der Waals surface area contributed by atoms with Gasteiger partial charge in [0, 0.05) is 26.1 Å². The molecule has 3 heterocycles. The van der Waals surface area contributed by atoms with Crippen molar-refractivity contribution >= 4 is 17.5 Å². The summed E-state index contributed by atoms with van der Waals surface area (Å²) < 4.78 is 43.9. The Labute approximate surface area is 171 Å². The third-order valence-corrected chi connectivity index (χ3v) is 5.24. The highest BCUT2D eigenvalue weighted by atomic mass is 19.4. The number of hydrogen-bond donors (Lipinski definition) is 2. The first-order valence-electron chi connectivity index (χ1n) is 9.77. The Bertz CT molecular complexity index is 874. The predicted molar refractivity (Wildman–Crippen MR) is 104 cm³/mol. The van der Waals surface area contributed by atoms with Crippen molar-refractivity contribution in [1.82, 2.24) is 15.3 Å². The van der Waals surface area contributed by atoms with Gasteiger partial charge in [0.25, 0.3) is 0 Å². The number of aromatic nitrogens is 2. The lowest BCUT2D eigenvalue weighted by molar-refractivity contribution is -0.137. The molecular formula is C20H22F3N5O2. The van der Waals surface area contributed by atoms with Crippen LogP contribution in [0.25, 0.3) is 0 Å². The SMILES string of the molecule is O=C1CCCN1c1cnc(N[C@@H]2CNC[C@H]2OCc2ccc(C(F)(F)F)cc2)nc1. The maximum Gasteiger partial charge on any atom is 0.416 e. The van der Waals surface area contributed by atoms with E-state index >= 15 is 0 Å². The quantitative estimate of drug-likeness (QED) is 0.747. The summed E-state index contributed by atoms with van der Waals surface area (Å²) in [7, 11) is 0. The van der Waals surface area contributed by atoms with Gasteiger partial charge >= 0.3 is 6.18 Å². The zero-order valence-corrected chi connectivity index (χ0v) is 16.2. The average molecular weight is 421 g/mol. The van der Waals surface area contributed by atoms with E-state index in [4.69, 9.17) is 4.74 Å². The smallest absolute Gasteiger partial charge is 0.370 e. The van der Waals surface area contributed by atoms with Crippen LogP contribution in [0.5, 0.6) is 0 Å². The predicted octanol–water partition coefficient (Wildman–Crippen LogP) is 2.59. The number of nitrogens with one attached hydrogen (secondary N) is 2. The van der Waals surface area contributed by atoms with Gasteiger partial charge in [0.05, 0.1) is 42.4 Å². The Morgan fingerprint density at radius 2 is 1.90 bits per heavy atom. The van der Waals surface area contributed by atoms with E-state index < -0.39 is 11.7 Å². The zero-order valence-electron chi connectivity index (χ0n) is 16.2. The number of amides is 1. The van der Waals surface area contributed by atoms with Gasteiger partial charge in [-0.25, -0.2) is 9.97 Å². The molecule has 7 nitrogen and oxygen atoms in total. The Morgan fingerprint density at radius 1 is 1.17 bits per heavy atom. The highest BCUT2D eigenvalue weighted by molar-refractivity contribution is 5.95. The maximum absolute atomic E-state index is 12.7. The van der Waals surface area contributed by atoms with Crippen LogP contribution < -0.4 is 15.5 Å². The van der Waals surface area contributed by atoms with E-state index in [-0.39, 0.29) is 24.7 Å². The lowest BCUT2D eigenvalue weighted by Gasteiger charge is -2.21. The van der Waals surface area contributed by atoms with Crippen molar-refractivity contribution in [1.29, 1.82) is 0 Å². The van der Waals surface area contributed by atoms with E-state index in [1.807, 2.05) is 0 Å². The summed E-state index contributed by atoms with van der Waals surface area (Å²) in [5.74, 6) is 0.512. The van der Waals surface area contributed by atoms with Crippen molar-refractivity contribution in [2.45, 2.75) is 37.8 Å². The molecule has 0 spiro atoms. The number of ether oxygens (including phenoxy) is 1. The van der Waals surface area contributed by atoms with Crippen LogP contribution in [0, 0.1) is 0 Å². The van der Waals surface area contributed by atoms with Gasteiger partial charge in [-0.1, -0.05) is 12.1 Å². The summed E-state index contributed by atoms with van der Waals surface area (Å²) in [5, 5.41) is 6.45. The molecule has 4 rings (SSSR count). The van der Waals surface area contributed by atoms with Crippen LogP contribution in [0.3, 0.4) is 0 Å². The minimum absolute atomic E-state index is 0.0797. The molecule has 1 amide bonds. The van der Waals surface area contributed by atoms with Crippen molar-refractivity contribution in [3.8, 4) is 0 Å². The number of rotatable bonds is 6. The third-order valence-electron chi connectivity index (χ3n) is 5.24. The molecule has 0 saturated carbocycles. The molecule has 0 bridgehead atoms. The topological polar surface area (TPSA) is 79.4 Å². The fourth-order valence-corrected chi connectivity index (χ4v) is 3.59. The number of halogens is 3. The highest BCUT2D eigenvalue weighted by Gasteiger charge is 2.31. The second kappa shape index (κ2) is 8.57. The number of carbonyl (C=O) groups is 1. The average Bonchev–Trinajstić information content (AvgIpc) is 3.35. The molecule has 10 heteroatoms. The van der Waals surface area contributed by atoms with Crippen molar-refractivity contribution in [3.05, 3.63) is 47.8 Å². The second-order valence-corrected chi connectivity index (χ2v) is 7.37. The van der Waals surface area contributed by atoms with Crippen LogP contribution in [-0.4, -0.2) is 47.7 Å². The summed E-state index contributed by atoms with van der Waals surface area (Å²) in [5.41, 5.74) is 0.678. The number of anilines is 2. The lowest BCUT2D eigenvalue weighted by atomic mass is 10.1. The summed E-state index contributed by atoms with van der Waals surface area (Å²) in [6.07, 6.45) is 0.103. The van der Waals surface area contributed by atoms with Crippen molar-refractivity contribution in [2.75, 3.05) is 29.9 Å². The number of nitrogens with zero attached hydrogens (tertiary/aromatic N) is 3. The van der Waals surface area contributed by atoms with Crippen molar-refractivity contribution in [3.63, 3.8) is 0 Å². The fraction of sp³-hybridized carbons (Fsp3) is 0.450. The van der Waals surface area contributed by atoms with Gasteiger partial charge in [0.2, 0.25) is 11.9 Å². The molecule has 2 saturated heterocycles. The van der Waals surface area contributed by atoms with E-state index in [0.717, 1.165) is 18.6 Å². The van der Waals surface area contributed by atoms with Crippen molar-refractivity contribution in [2.24, 2.45) is 0 Å². The molecule has 0 unspecified atom stereocenters. The molecule has 0 aliphatic carbocycles. The largest absolute Gasteiger partial charge is 0.416 e. The van der Waals surface area contributed by atoms with Crippen LogP contribution >= 0.6 is 0 Å². The Kier molecular flexibility index (Phi) is 5.87. The molecule has 1 aromatic carbocycles. The molecule has 2 aromatic rings. The second-order valence-electron chi connectivity index (χ2n) is 7.37. The maximum atomic E-state index is 12.7. The summed E-state index contributed by atoms with van der Waals surface area (Å²) >= 11 is 0. The molecule has 2 N–H and O–H groups in total. The Morgan fingerprint density at radius 3 is 2.53 bits per heavy atom. The normalized spacial score (nSPS) is 22.0. The minimum atomic E-state index is -4.35. The van der Waals surface area contributed by atoms with Gasteiger partial charge in [-0.3, -0.25) is 4.79 Å². The van der Waals surface area contributed by atoms with E-state index in [2.05, 4.69) is 20.6 Å². The van der Waals surface area contributed by atoms with E-state index in [9.17, 15) is 18.0 Å². The van der Waals surface area contributed by atoms with Gasteiger partial charge in [-0.15, -0.1) is 0 Å². The first-order chi connectivity index (χ1) is 14.4. The van der Waals surface area contributed by atoms with Crippen molar-refractivity contribution < 1.29 is 22.7 Å². The minimum Gasteiger partial charge on any atom is -0.370 e. The monoisotopic (exact) mass is 421 g/mol. The van der Waals surface area contributed by atoms with Crippen LogP contribution in [0.15, 0.2) is 36.7 Å². The molecule has 160 valence electrons. The van der Waals surface area contributed by atoms with Gasteiger partial charge in [-0.2, -0.15) is 13.2 Å². The fourth-order valence-electron chi connectivity index (χ4n) is 3.59. The van der Waals surface area contributed by atoms with Gasteiger partial charge in [-0.05, 0) is 24.1 Å². The summed E-state index contributed by atoms with van der Waals surface area (Å²) in [4.78, 5) is 22.1. The van der Waals surface area contributed by atoms with Gasteiger partial charge < -0.3 is 20.3 Å². The third kappa shape index (κ3) is 4.71. The van der Waals surface area contributed by atoms with Gasteiger partial charge in [0.1, 0.15) is 0 Å². The van der Waals surface area contributed by atoms with Crippen LogP contribution in [0.1, 0.15) is 24.0 Å². The molecule has 2 fully saturated rings. The Balaban J connectivity index is 1.32. The molecular weight excluding hydrogens is 399 g/mol. The first-order valence-corrected chi connectivity index (χ1v) is 9.77. The van der Waals surface area contributed by atoms with Crippen LogP contribution in [0.4, 0.5) is 24.8 Å². The van der Waals surface area contributed by atoms with E-state index in [0.29, 0.717) is 43.3 Å². The summed E-state index contributed by atoms with van der Waals surface area (Å²) in [6, 6.07) is 4.88. The van der Waals surface area contributed by atoms with E-state index in [1.54, 1.807) is 17.3 Å². The molecule has 30 heavy (non-hydrogen) atoms. The molecule has 1 aromatic heterocycles. The van der Waals surface area contributed by atoms with E-state index in [1.165, 1.54) is 12.1 Å². The number of carbonyl (C=O) groups excluding carboxylic acids is 1. The van der Waals surface area contributed by atoms with Crippen LogP contribution in [0.2, 0.25) is 0 Å². The zero-order chi connectivity index (χ0) is 21.1. The van der Waals surface area contributed by atoms with Crippen LogP contribution in [-0.2, 0) is 22.3 Å². The number of hydrogen-bond acceptors (Lipinski definition) is 6. The summed E-state index contributed by atoms with van der Waals surface area (Å²) in [6.45, 7) is 2.15. The lowest BCUT2D eigenvalue weighted by Crippen LogP contribution is -2.35. The number of alkyl halides is 3.